The summed E-state index contributed by atoms with van der Waals surface area (Å²) in [6.45, 7) is 5.32. The molecule has 4 nitrogen and oxygen atoms in total. The number of aliphatic imine (C=N–C) groups is 1. The maximum absolute atomic E-state index is 10.3. The van der Waals surface area contributed by atoms with Crippen LogP contribution in [0.2, 0.25) is 5.02 Å². The molecule has 0 spiro atoms. The van der Waals surface area contributed by atoms with E-state index in [9.17, 15) is 4.79 Å². The molecule has 1 heterocycles. The van der Waals surface area contributed by atoms with Gasteiger partial charge in [-0.2, -0.15) is 0 Å². The predicted octanol–water partition coefficient (Wildman–Crippen LogP) is 3.07. The monoisotopic (exact) mass is 267 g/mol. The van der Waals surface area contributed by atoms with Gasteiger partial charge in [0.25, 0.3) is 0 Å². The second kappa shape index (κ2) is 5.42. The molecule has 0 atom stereocenters. The van der Waals surface area contributed by atoms with E-state index in [0.717, 1.165) is 11.1 Å². The van der Waals surface area contributed by atoms with E-state index in [0.29, 0.717) is 29.7 Å². The Balaban J connectivity index is 2.56. The first-order chi connectivity index (χ1) is 8.65. The number of hydrogen-bond acceptors (Lipinski definition) is 4. The third-order valence-corrected chi connectivity index (χ3v) is 3.16. The van der Waals surface area contributed by atoms with Gasteiger partial charge >= 0.3 is 0 Å². The first kappa shape index (κ1) is 12.9. The Hall–Kier alpha value is -1.51. The number of carbonyl (C=O) groups excluding carboxylic acids is 1. The number of fused-ring (bicyclic) bond motifs is 1. The predicted molar refractivity (Wildman–Crippen MR) is 68.4 cm³/mol. The zero-order valence-electron chi connectivity index (χ0n) is 10.3. The second-order valence-corrected chi connectivity index (χ2v) is 4.73. The summed E-state index contributed by atoms with van der Waals surface area (Å²) in [6.07, 6.45) is 1.54. The van der Waals surface area contributed by atoms with Gasteiger partial charge in [0.1, 0.15) is 13.2 Å². The molecule has 0 aromatic heterocycles. The summed E-state index contributed by atoms with van der Waals surface area (Å²) < 4.78 is 11.0. The smallest absolute Gasteiger partial charge is 0.235 e. The van der Waals surface area contributed by atoms with Crippen LogP contribution in [0.15, 0.2) is 11.1 Å². The number of isocyanates is 1. The molecule has 5 heteroatoms. The van der Waals surface area contributed by atoms with Crippen molar-refractivity contribution >= 4 is 17.7 Å². The van der Waals surface area contributed by atoms with Crippen LogP contribution in [0.1, 0.15) is 30.9 Å². The maximum Gasteiger partial charge on any atom is 0.235 e. The molecule has 1 aliphatic rings. The van der Waals surface area contributed by atoms with Crippen LogP contribution >= 0.6 is 11.6 Å². The summed E-state index contributed by atoms with van der Waals surface area (Å²) in [5, 5.41) is 0.554. The Kier molecular flexibility index (Phi) is 3.90. The van der Waals surface area contributed by atoms with E-state index < -0.39 is 0 Å². The summed E-state index contributed by atoms with van der Waals surface area (Å²) in [5.74, 6) is 1.42. The summed E-state index contributed by atoms with van der Waals surface area (Å²) in [4.78, 5) is 13.9. The third-order valence-electron chi connectivity index (χ3n) is 2.79. The standard InChI is InChI=1S/C13H14ClNO3/c1-8(2)11-9(6-15-7-16)5-10-13(12(11)14)18-4-3-17-10/h5,8H,3-4,6H2,1-2H3. The van der Waals surface area contributed by atoms with Crippen LogP contribution in [0.3, 0.4) is 0 Å². The second-order valence-electron chi connectivity index (χ2n) is 4.35. The highest BCUT2D eigenvalue weighted by molar-refractivity contribution is 6.33. The van der Waals surface area contributed by atoms with Gasteiger partial charge in [0.2, 0.25) is 6.08 Å². The number of rotatable bonds is 3. The molecule has 0 saturated carbocycles. The molecule has 0 aliphatic carbocycles. The summed E-state index contributed by atoms with van der Waals surface area (Å²) in [7, 11) is 0. The molecule has 18 heavy (non-hydrogen) atoms. The number of nitrogens with zero attached hydrogens (tertiary/aromatic N) is 1. The molecule has 96 valence electrons. The fourth-order valence-electron chi connectivity index (χ4n) is 2.08. The average molecular weight is 268 g/mol. The fourth-order valence-corrected chi connectivity index (χ4v) is 2.57. The lowest BCUT2D eigenvalue weighted by Crippen LogP contribution is -2.17. The molecule has 0 N–H and O–H groups in total. The Morgan fingerprint density at radius 1 is 1.44 bits per heavy atom. The molecule has 0 saturated heterocycles. The van der Waals surface area contributed by atoms with Gasteiger partial charge in [-0.1, -0.05) is 25.4 Å². The van der Waals surface area contributed by atoms with Crippen LogP contribution in [0, 0.1) is 0 Å². The van der Waals surface area contributed by atoms with E-state index in [1.54, 1.807) is 6.08 Å². The highest BCUT2D eigenvalue weighted by Gasteiger charge is 2.23. The van der Waals surface area contributed by atoms with Gasteiger partial charge in [0, 0.05) is 0 Å². The van der Waals surface area contributed by atoms with Crippen LogP contribution in [0.4, 0.5) is 0 Å². The van der Waals surface area contributed by atoms with Gasteiger partial charge in [-0.05, 0) is 23.1 Å². The molecule has 0 amide bonds. The van der Waals surface area contributed by atoms with Crippen molar-refractivity contribution in [1.82, 2.24) is 0 Å². The molecule has 1 aliphatic heterocycles. The SMILES string of the molecule is CC(C)c1c(CN=C=O)cc2c(c1Cl)OCCO2. The van der Waals surface area contributed by atoms with Gasteiger partial charge in [-0.3, -0.25) is 0 Å². The summed E-state index contributed by atoms with van der Waals surface area (Å²) in [5.41, 5.74) is 1.82. The first-order valence-electron chi connectivity index (χ1n) is 5.79. The van der Waals surface area contributed by atoms with E-state index in [1.165, 1.54) is 0 Å². The summed E-state index contributed by atoms with van der Waals surface area (Å²) in [6, 6.07) is 1.84. The molecular formula is C13H14ClNO3. The Bertz CT molecular complexity index is 507. The van der Waals surface area contributed by atoms with Gasteiger partial charge in [0.15, 0.2) is 11.5 Å². The van der Waals surface area contributed by atoms with Crippen molar-refractivity contribution in [2.45, 2.75) is 26.3 Å². The van der Waals surface area contributed by atoms with Crippen LogP contribution < -0.4 is 9.47 Å². The van der Waals surface area contributed by atoms with Gasteiger partial charge in [0.05, 0.1) is 11.6 Å². The highest BCUT2D eigenvalue weighted by atomic mass is 35.5. The fraction of sp³-hybridized carbons (Fsp3) is 0.462. The average Bonchev–Trinajstić information content (AvgIpc) is 2.36. The highest BCUT2D eigenvalue weighted by Crippen LogP contribution is 2.44. The molecular weight excluding hydrogens is 254 g/mol. The minimum absolute atomic E-state index is 0.213. The number of benzene rings is 1. The number of hydrogen-bond donors (Lipinski definition) is 0. The number of ether oxygens (including phenoxy) is 2. The van der Waals surface area contributed by atoms with Crippen LogP contribution in [-0.2, 0) is 11.3 Å². The Morgan fingerprint density at radius 3 is 2.83 bits per heavy atom. The Labute approximate surface area is 111 Å². The topological polar surface area (TPSA) is 47.9 Å². The lowest BCUT2D eigenvalue weighted by molar-refractivity contribution is 0.171. The normalized spacial score (nSPS) is 13.3. The minimum atomic E-state index is 0.213. The third kappa shape index (κ3) is 2.35. The zero-order valence-corrected chi connectivity index (χ0v) is 11.1. The number of halogens is 1. The molecule has 2 rings (SSSR count). The van der Waals surface area contributed by atoms with Crippen molar-refractivity contribution in [2.75, 3.05) is 13.2 Å². The molecule has 1 aromatic rings. The van der Waals surface area contributed by atoms with Gasteiger partial charge in [-0.15, -0.1) is 0 Å². The van der Waals surface area contributed by atoms with Crippen molar-refractivity contribution < 1.29 is 14.3 Å². The van der Waals surface area contributed by atoms with Crippen LogP contribution in [0.5, 0.6) is 11.5 Å². The quantitative estimate of drug-likeness (QED) is 0.625. The molecule has 1 aromatic carbocycles. The van der Waals surface area contributed by atoms with E-state index in [-0.39, 0.29) is 12.5 Å². The maximum atomic E-state index is 10.3. The molecule has 0 fully saturated rings. The zero-order chi connectivity index (χ0) is 13.1. The van der Waals surface area contributed by atoms with Crippen molar-refractivity contribution in [3.63, 3.8) is 0 Å². The molecule has 0 bridgehead atoms. The molecule has 0 radical (unpaired) electrons. The largest absolute Gasteiger partial charge is 0.486 e. The van der Waals surface area contributed by atoms with Crippen LogP contribution in [-0.4, -0.2) is 19.3 Å². The lowest BCUT2D eigenvalue weighted by Gasteiger charge is -2.24. The van der Waals surface area contributed by atoms with E-state index >= 15 is 0 Å². The summed E-state index contributed by atoms with van der Waals surface area (Å²) >= 11 is 6.36. The van der Waals surface area contributed by atoms with E-state index in [4.69, 9.17) is 21.1 Å². The van der Waals surface area contributed by atoms with E-state index in [1.807, 2.05) is 19.9 Å². The lowest BCUT2D eigenvalue weighted by atomic mass is 9.96. The first-order valence-corrected chi connectivity index (χ1v) is 6.17. The van der Waals surface area contributed by atoms with Crippen molar-refractivity contribution in [2.24, 2.45) is 4.99 Å². The van der Waals surface area contributed by atoms with Gasteiger partial charge < -0.3 is 9.47 Å². The molecule has 0 unspecified atom stereocenters. The van der Waals surface area contributed by atoms with E-state index in [2.05, 4.69) is 4.99 Å². The van der Waals surface area contributed by atoms with Crippen LogP contribution in [0.25, 0.3) is 0 Å². The van der Waals surface area contributed by atoms with Gasteiger partial charge in [-0.25, -0.2) is 9.79 Å². The van der Waals surface area contributed by atoms with Crippen molar-refractivity contribution in [3.05, 3.63) is 22.2 Å². The van der Waals surface area contributed by atoms with Crippen molar-refractivity contribution in [3.8, 4) is 11.5 Å². The minimum Gasteiger partial charge on any atom is -0.486 e. The van der Waals surface area contributed by atoms with Crippen molar-refractivity contribution in [1.29, 1.82) is 0 Å². The Morgan fingerprint density at radius 2 is 2.17 bits per heavy atom.